The Balaban J connectivity index is 2.74. The van der Waals surface area contributed by atoms with Gasteiger partial charge in [0.2, 0.25) is 0 Å². The number of carbonyl (C=O) groups is 1. The van der Waals surface area contributed by atoms with Crippen molar-refractivity contribution in [3.05, 3.63) is 29.8 Å². The van der Waals surface area contributed by atoms with Gasteiger partial charge in [-0.1, -0.05) is 19.1 Å². The summed E-state index contributed by atoms with van der Waals surface area (Å²) in [6, 6.07) is 8.33. The van der Waals surface area contributed by atoms with Crippen molar-refractivity contribution >= 4 is 11.7 Å². The van der Waals surface area contributed by atoms with Crippen molar-refractivity contribution in [2.45, 2.75) is 46.1 Å². The first-order valence-corrected chi connectivity index (χ1v) is 7.73. The van der Waals surface area contributed by atoms with E-state index >= 15 is 0 Å². The summed E-state index contributed by atoms with van der Waals surface area (Å²) in [6.45, 7) is 10.3. The molecule has 1 aromatic rings. The molecule has 0 saturated heterocycles. The van der Waals surface area contributed by atoms with E-state index in [0.29, 0.717) is 6.42 Å². The Labute approximate surface area is 128 Å². The van der Waals surface area contributed by atoms with Crippen LogP contribution in [0.15, 0.2) is 24.3 Å². The molecule has 1 atom stereocenters. The van der Waals surface area contributed by atoms with Gasteiger partial charge in [-0.3, -0.25) is 4.79 Å². The summed E-state index contributed by atoms with van der Waals surface area (Å²) in [7, 11) is 0. The second-order valence-electron chi connectivity index (χ2n) is 5.73. The molecular weight excluding hydrogens is 264 g/mol. The molecule has 0 aliphatic rings. The number of hydrogen-bond donors (Lipinski definition) is 2. The summed E-state index contributed by atoms with van der Waals surface area (Å²) in [5.74, 6) is -0.781. The molecule has 0 bridgehead atoms. The Morgan fingerprint density at radius 1 is 1.38 bits per heavy atom. The zero-order chi connectivity index (χ0) is 15.9. The number of aryl methyl sites for hydroxylation is 1. The zero-order valence-corrected chi connectivity index (χ0v) is 13.6. The fourth-order valence-corrected chi connectivity index (χ4v) is 2.32. The Morgan fingerprint density at radius 2 is 2.10 bits per heavy atom. The van der Waals surface area contributed by atoms with Crippen molar-refractivity contribution in [2.75, 3.05) is 24.5 Å². The minimum atomic E-state index is -0.868. The number of carboxylic acids is 1. The lowest BCUT2D eigenvalue weighted by molar-refractivity contribution is -0.144. The van der Waals surface area contributed by atoms with Gasteiger partial charge in [-0.2, -0.15) is 0 Å². The van der Waals surface area contributed by atoms with Crippen LogP contribution in [0.1, 0.15) is 39.2 Å². The van der Waals surface area contributed by atoms with Crippen LogP contribution < -0.4 is 10.2 Å². The predicted molar refractivity (Wildman–Crippen MR) is 88.0 cm³/mol. The second-order valence-corrected chi connectivity index (χ2v) is 5.73. The molecule has 1 unspecified atom stereocenters. The molecule has 0 aliphatic heterocycles. The Hall–Kier alpha value is -1.55. The molecule has 0 amide bonds. The van der Waals surface area contributed by atoms with Crippen molar-refractivity contribution in [3.63, 3.8) is 0 Å². The maximum absolute atomic E-state index is 11.5. The molecule has 0 heterocycles. The van der Waals surface area contributed by atoms with Crippen LogP contribution >= 0.6 is 0 Å². The van der Waals surface area contributed by atoms with Crippen LogP contribution in [-0.2, 0) is 4.79 Å². The number of benzene rings is 1. The molecule has 0 spiro atoms. The monoisotopic (exact) mass is 292 g/mol. The lowest BCUT2D eigenvalue weighted by Gasteiger charge is -2.31. The van der Waals surface area contributed by atoms with Gasteiger partial charge in [-0.15, -0.1) is 0 Å². The molecule has 0 saturated carbocycles. The van der Waals surface area contributed by atoms with Crippen LogP contribution in [-0.4, -0.2) is 36.2 Å². The number of aliphatic carboxylic acids is 1. The average Bonchev–Trinajstić information content (AvgIpc) is 2.45. The van der Waals surface area contributed by atoms with Gasteiger partial charge in [0.05, 0.1) is 0 Å². The highest BCUT2D eigenvalue weighted by Crippen LogP contribution is 2.19. The number of nitrogens with zero attached hydrogens (tertiary/aromatic N) is 1. The van der Waals surface area contributed by atoms with Crippen molar-refractivity contribution in [1.29, 1.82) is 0 Å². The molecule has 4 nitrogen and oxygen atoms in total. The number of rotatable bonds is 9. The first-order chi connectivity index (χ1) is 9.92. The smallest absolute Gasteiger partial charge is 0.323 e. The Kier molecular flexibility index (Phi) is 6.69. The molecule has 1 aromatic carbocycles. The number of hydrogen-bond acceptors (Lipinski definition) is 3. The van der Waals surface area contributed by atoms with Crippen LogP contribution in [0, 0.1) is 6.92 Å². The minimum Gasteiger partial charge on any atom is -0.480 e. The van der Waals surface area contributed by atoms with Crippen LogP contribution in [0.5, 0.6) is 0 Å². The van der Waals surface area contributed by atoms with E-state index in [1.807, 2.05) is 13.0 Å². The summed E-state index contributed by atoms with van der Waals surface area (Å²) in [5, 5.41) is 12.6. The first kappa shape index (κ1) is 17.5. The van der Waals surface area contributed by atoms with E-state index in [1.54, 1.807) is 6.92 Å². The third-order valence-corrected chi connectivity index (χ3v) is 3.87. The van der Waals surface area contributed by atoms with Crippen LogP contribution in [0.3, 0.4) is 0 Å². The third-order valence-electron chi connectivity index (χ3n) is 3.87. The minimum absolute atomic E-state index is 0.574. The van der Waals surface area contributed by atoms with Crippen molar-refractivity contribution in [2.24, 2.45) is 0 Å². The summed E-state index contributed by atoms with van der Waals surface area (Å²) in [6.07, 6.45) is 1.50. The predicted octanol–water partition coefficient (Wildman–Crippen LogP) is 3.05. The summed E-state index contributed by atoms with van der Waals surface area (Å²) >= 11 is 0. The van der Waals surface area contributed by atoms with E-state index in [1.165, 1.54) is 5.56 Å². The lowest BCUT2D eigenvalue weighted by Crippen LogP contribution is -2.51. The SMILES string of the molecule is CCCNC(C)(CCN(CC)c1cccc(C)c1)C(=O)O. The molecule has 0 aromatic heterocycles. The van der Waals surface area contributed by atoms with Gasteiger partial charge in [0.15, 0.2) is 0 Å². The number of carboxylic acid groups (broad SMARTS) is 1. The van der Waals surface area contributed by atoms with Crippen molar-refractivity contribution < 1.29 is 9.90 Å². The summed E-state index contributed by atoms with van der Waals surface area (Å²) < 4.78 is 0. The highest BCUT2D eigenvalue weighted by Gasteiger charge is 2.32. The standard InChI is InChI=1S/C17H28N2O2/c1-5-11-18-17(4,16(20)21)10-12-19(6-2)15-9-7-8-14(3)13-15/h7-9,13,18H,5-6,10-12H2,1-4H3,(H,20,21). The summed E-state index contributed by atoms with van der Waals surface area (Å²) in [4.78, 5) is 13.8. The molecule has 118 valence electrons. The van der Waals surface area contributed by atoms with Gasteiger partial charge in [0.25, 0.3) is 0 Å². The van der Waals surface area contributed by atoms with E-state index in [4.69, 9.17) is 0 Å². The molecular formula is C17H28N2O2. The van der Waals surface area contributed by atoms with E-state index in [9.17, 15) is 9.90 Å². The van der Waals surface area contributed by atoms with Gasteiger partial charge < -0.3 is 15.3 Å². The van der Waals surface area contributed by atoms with Gasteiger partial charge >= 0.3 is 5.97 Å². The largest absolute Gasteiger partial charge is 0.480 e. The highest BCUT2D eigenvalue weighted by molar-refractivity contribution is 5.78. The number of anilines is 1. The quantitative estimate of drug-likeness (QED) is 0.734. The topological polar surface area (TPSA) is 52.6 Å². The average molecular weight is 292 g/mol. The highest BCUT2D eigenvalue weighted by atomic mass is 16.4. The molecule has 2 N–H and O–H groups in total. The van der Waals surface area contributed by atoms with Crippen molar-refractivity contribution in [1.82, 2.24) is 5.32 Å². The van der Waals surface area contributed by atoms with E-state index in [-0.39, 0.29) is 0 Å². The van der Waals surface area contributed by atoms with Crippen LogP contribution in [0.25, 0.3) is 0 Å². The summed E-state index contributed by atoms with van der Waals surface area (Å²) in [5.41, 5.74) is 1.50. The normalized spacial score (nSPS) is 13.7. The van der Waals surface area contributed by atoms with Gasteiger partial charge in [0.1, 0.15) is 5.54 Å². The Morgan fingerprint density at radius 3 is 2.62 bits per heavy atom. The molecule has 0 aliphatic carbocycles. The fraction of sp³-hybridized carbons (Fsp3) is 0.588. The van der Waals surface area contributed by atoms with E-state index < -0.39 is 11.5 Å². The zero-order valence-electron chi connectivity index (χ0n) is 13.6. The van der Waals surface area contributed by atoms with E-state index in [0.717, 1.165) is 31.7 Å². The first-order valence-electron chi connectivity index (χ1n) is 7.73. The van der Waals surface area contributed by atoms with E-state index in [2.05, 4.69) is 42.3 Å². The van der Waals surface area contributed by atoms with Crippen molar-refractivity contribution in [3.8, 4) is 0 Å². The molecule has 21 heavy (non-hydrogen) atoms. The molecule has 4 heteroatoms. The van der Waals surface area contributed by atoms with Crippen LogP contribution in [0.2, 0.25) is 0 Å². The molecule has 0 radical (unpaired) electrons. The molecule has 1 rings (SSSR count). The van der Waals surface area contributed by atoms with Crippen LogP contribution in [0.4, 0.5) is 5.69 Å². The lowest BCUT2D eigenvalue weighted by atomic mass is 9.97. The maximum atomic E-state index is 11.5. The maximum Gasteiger partial charge on any atom is 0.323 e. The number of nitrogens with one attached hydrogen (secondary N) is 1. The third kappa shape index (κ3) is 5.05. The second kappa shape index (κ2) is 8.03. The van der Waals surface area contributed by atoms with Gasteiger partial charge in [-0.25, -0.2) is 0 Å². The fourth-order valence-electron chi connectivity index (χ4n) is 2.32. The van der Waals surface area contributed by atoms with Gasteiger partial charge in [0, 0.05) is 18.8 Å². The Bertz CT molecular complexity index is 462. The van der Waals surface area contributed by atoms with Gasteiger partial charge in [-0.05, 0) is 57.9 Å². The molecule has 0 fully saturated rings.